The van der Waals surface area contributed by atoms with Crippen LogP contribution < -0.4 is 5.73 Å². The third-order valence-corrected chi connectivity index (χ3v) is 2.75. The molecular weight excluding hydrogens is 238 g/mol. The van der Waals surface area contributed by atoms with Gasteiger partial charge in [0.15, 0.2) is 17.5 Å². The highest BCUT2D eigenvalue weighted by Crippen LogP contribution is 2.23. The van der Waals surface area contributed by atoms with Crippen LogP contribution in [-0.2, 0) is 6.42 Å². The lowest BCUT2D eigenvalue weighted by Gasteiger charge is -2.09. The second-order valence-corrected chi connectivity index (χ2v) is 4.11. The molecule has 0 aliphatic carbocycles. The van der Waals surface area contributed by atoms with Crippen molar-refractivity contribution in [2.24, 2.45) is 0 Å². The molecule has 6 heteroatoms. The second kappa shape index (κ2) is 4.72. The molecule has 0 unspecified atom stereocenters. The summed E-state index contributed by atoms with van der Waals surface area (Å²) in [5.74, 6) is -1.12. The van der Waals surface area contributed by atoms with Crippen LogP contribution in [0.25, 0.3) is 5.69 Å². The van der Waals surface area contributed by atoms with E-state index < -0.39 is 11.6 Å². The summed E-state index contributed by atoms with van der Waals surface area (Å²) in [5, 5.41) is 7.41. The Morgan fingerprint density at radius 3 is 2.72 bits per heavy atom. The van der Waals surface area contributed by atoms with Gasteiger partial charge in [-0.3, -0.25) is 0 Å². The molecule has 96 valence electrons. The third-order valence-electron chi connectivity index (χ3n) is 2.75. The molecule has 1 heterocycles. The summed E-state index contributed by atoms with van der Waals surface area (Å²) in [6, 6.07) is 2.59. The molecular formula is C12H14F2N4. The average Bonchev–Trinajstić information content (AvgIpc) is 2.68. The number of hydrogen-bond donors (Lipinski definition) is 1. The van der Waals surface area contributed by atoms with E-state index >= 15 is 0 Å². The number of hydrogen-bond acceptors (Lipinski definition) is 3. The molecule has 1 aromatic carbocycles. The molecule has 0 amide bonds. The van der Waals surface area contributed by atoms with Gasteiger partial charge < -0.3 is 5.73 Å². The van der Waals surface area contributed by atoms with E-state index in [4.69, 9.17) is 5.73 Å². The lowest BCUT2D eigenvalue weighted by Crippen LogP contribution is -2.09. The van der Waals surface area contributed by atoms with Crippen molar-refractivity contribution in [2.75, 3.05) is 5.73 Å². The van der Waals surface area contributed by atoms with Crippen LogP contribution in [0.2, 0.25) is 0 Å². The molecule has 0 fully saturated rings. The van der Waals surface area contributed by atoms with Crippen molar-refractivity contribution in [3.8, 4) is 5.69 Å². The van der Waals surface area contributed by atoms with Gasteiger partial charge in [-0.2, -0.15) is 0 Å². The van der Waals surface area contributed by atoms with Gasteiger partial charge in [0.2, 0.25) is 0 Å². The smallest absolute Gasteiger partial charge is 0.169 e. The predicted molar refractivity (Wildman–Crippen MR) is 64.4 cm³/mol. The first kappa shape index (κ1) is 12.5. The topological polar surface area (TPSA) is 56.7 Å². The van der Waals surface area contributed by atoms with Crippen LogP contribution in [0, 0.1) is 18.6 Å². The van der Waals surface area contributed by atoms with Crippen LogP contribution in [0.4, 0.5) is 14.6 Å². The van der Waals surface area contributed by atoms with Crippen molar-refractivity contribution in [1.29, 1.82) is 0 Å². The van der Waals surface area contributed by atoms with Crippen molar-refractivity contribution in [3.63, 3.8) is 0 Å². The molecule has 0 bridgehead atoms. The van der Waals surface area contributed by atoms with E-state index in [9.17, 15) is 8.78 Å². The number of nitrogens with zero attached hydrogens (tertiary/aromatic N) is 3. The number of nitrogens with two attached hydrogens (primary N) is 1. The Morgan fingerprint density at radius 1 is 1.33 bits per heavy atom. The molecule has 18 heavy (non-hydrogen) atoms. The van der Waals surface area contributed by atoms with Crippen LogP contribution in [0.15, 0.2) is 12.1 Å². The van der Waals surface area contributed by atoms with Crippen molar-refractivity contribution in [1.82, 2.24) is 15.0 Å². The lowest BCUT2D eigenvalue weighted by molar-refractivity contribution is 0.546. The number of aromatic nitrogens is 3. The van der Waals surface area contributed by atoms with Gasteiger partial charge in [0.25, 0.3) is 0 Å². The fourth-order valence-corrected chi connectivity index (χ4v) is 1.80. The Morgan fingerprint density at radius 2 is 2.06 bits per heavy atom. The van der Waals surface area contributed by atoms with Crippen LogP contribution in [-0.4, -0.2) is 15.0 Å². The van der Waals surface area contributed by atoms with Crippen molar-refractivity contribution in [3.05, 3.63) is 35.0 Å². The average molecular weight is 252 g/mol. The second-order valence-electron chi connectivity index (χ2n) is 4.11. The number of rotatable bonds is 3. The maximum absolute atomic E-state index is 14.0. The normalized spacial score (nSPS) is 10.9. The molecule has 0 atom stereocenters. The lowest BCUT2D eigenvalue weighted by atomic mass is 10.2. The van der Waals surface area contributed by atoms with E-state index in [2.05, 4.69) is 10.3 Å². The van der Waals surface area contributed by atoms with Gasteiger partial charge in [0.05, 0.1) is 5.69 Å². The minimum Gasteiger partial charge on any atom is -0.381 e. The van der Waals surface area contributed by atoms with Crippen LogP contribution >= 0.6 is 0 Å². The monoisotopic (exact) mass is 252 g/mol. The largest absolute Gasteiger partial charge is 0.381 e. The van der Waals surface area contributed by atoms with Crippen molar-refractivity contribution >= 4 is 5.82 Å². The van der Waals surface area contributed by atoms with Crippen molar-refractivity contribution < 1.29 is 8.78 Å². The van der Waals surface area contributed by atoms with E-state index in [0.717, 1.165) is 11.1 Å². The maximum atomic E-state index is 14.0. The van der Waals surface area contributed by atoms with E-state index in [-0.39, 0.29) is 11.5 Å². The van der Waals surface area contributed by atoms with Gasteiger partial charge in [-0.25, -0.2) is 13.5 Å². The van der Waals surface area contributed by atoms with Gasteiger partial charge >= 0.3 is 0 Å². The SMILES string of the molecule is CCCc1c(N)nnn1-c1c(F)ccc(C)c1F. The molecule has 2 rings (SSSR count). The molecule has 2 N–H and O–H groups in total. The molecule has 0 radical (unpaired) electrons. The zero-order valence-corrected chi connectivity index (χ0v) is 10.2. The van der Waals surface area contributed by atoms with Gasteiger partial charge in [0.1, 0.15) is 5.69 Å². The highest BCUT2D eigenvalue weighted by atomic mass is 19.1. The Hall–Kier alpha value is -1.98. The summed E-state index contributed by atoms with van der Waals surface area (Å²) in [4.78, 5) is 0. The Kier molecular flexibility index (Phi) is 3.27. The van der Waals surface area contributed by atoms with Gasteiger partial charge in [-0.15, -0.1) is 5.10 Å². The number of halogens is 2. The summed E-state index contributed by atoms with van der Waals surface area (Å²) in [5.41, 5.74) is 6.32. The Bertz CT molecular complexity index is 578. The maximum Gasteiger partial charge on any atom is 0.169 e. The molecule has 0 saturated heterocycles. The fraction of sp³-hybridized carbons (Fsp3) is 0.333. The standard InChI is InChI=1S/C12H14F2N4/c1-3-4-9-12(15)16-17-18(9)11-8(13)6-5-7(2)10(11)14/h5-6H,3-4,15H2,1-2H3. The quantitative estimate of drug-likeness (QED) is 0.912. The van der Waals surface area contributed by atoms with Gasteiger partial charge in [0, 0.05) is 0 Å². The third kappa shape index (κ3) is 1.94. The number of nitrogen functional groups attached to an aromatic ring is 1. The van der Waals surface area contributed by atoms with Gasteiger partial charge in [-0.05, 0) is 25.0 Å². The summed E-state index contributed by atoms with van der Waals surface area (Å²) >= 11 is 0. The van der Waals surface area contributed by atoms with E-state index in [1.54, 1.807) is 6.92 Å². The van der Waals surface area contributed by atoms with E-state index in [1.165, 1.54) is 12.1 Å². The minimum absolute atomic E-state index is 0.206. The molecule has 0 saturated carbocycles. The highest BCUT2D eigenvalue weighted by Gasteiger charge is 2.19. The first-order valence-corrected chi connectivity index (χ1v) is 5.71. The molecule has 0 aliphatic heterocycles. The van der Waals surface area contributed by atoms with Crippen LogP contribution in [0.3, 0.4) is 0 Å². The Balaban J connectivity index is 2.66. The summed E-state index contributed by atoms with van der Waals surface area (Å²) < 4.78 is 28.9. The number of anilines is 1. The summed E-state index contributed by atoms with van der Waals surface area (Å²) in [7, 11) is 0. The first-order chi connectivity index (χ1) is 8.56. The fourth-order valence-electron chi connectivity index (χ4n) is 1.80. The van der Waals surface area contributed by atoms with Crippen molar-refractivity contribution in [2.45, 2.75) is 26.7 Å². The zero-order valence-electron chi connectivity index (χ0n) is 10.2. The predicted octanol–water partition coefficient (Wildman–Crippen LogP) is 2.39. The molecule has 2 aromatic rings. The number of benzene rings is 1. The molecule has 0 spiro atoms. The summed E-state index contributed by atoms with van der Waals surface area (Å²) in [6.45, 7) is 3.51. The highest BCUT2D eigenvalue weighted by molar-refractivity contribution is 5.44. The molecule has 4 nitrogen and oxygen atoms in total. The van der Waals surface area contributed by atoms with E-state index in [1.807, 2.05) is 6.92 Å². The first-order valence-electron chi connectivity index (χ1n) is 5.71. The zero-order chi connectivity index (χ0) is 13.3. The van der Waals surface area contributed by atoms with Gasteiger partial charge in [-0.1, -0.05) is 24.6 Å². The van der Waals surface area contributed by atoms with Crippen LogP contribution in [0.5, 0.6) is 0 Å². The number of aryl methyl sites for hydroxylation is 1. The summed E-state index contributed by atoms with van der Waals surface area (Å²) in [6.07, 6.45) is 1.35. The Labute approximate surface area is 103 Å². The molecule has 0 aliphatic rings. The molecule has 1 aromatic heterocycles. The minimum atomic E-state index is -0.680. The van der Waals surface area contributed by atoms with E-state index in [0.29, 0.717) is 17.7 Å². The van der Waals surface area contributed by atoms with Crippen LogP contribution in [0.1, 0.15) is 24.6 Å².